The number of hydrogen-bond donors (Lipinski definition) is 0. The van der Waals surface area contributed by atoms with Crippen molar-refractivity contribution in [1.29, 1.82) is 5.26 Å². The minimum Gasteiger partial charge on any atom is -0.454 e. The standard InChI is InChI=1S/C49H31N3O/c50-32-33-17-24-40(25-18-33)52-45-14-6-4-11-41(45)44-31-37(23-30-46(44)52)36-21-28-39(29-22-36)51(38-26-19-35(20-27-38)34-9-2-1-3-10-34)47-15-8-13-43-42-12-5-7-16-48(42)53-49(43)47/h1-31H. The molecule has 10 rings (SSSR count). The molecular weight excluding hydrogens is 647 g/mol. The summed E-state index contributed by atoms with van der Waals surface area (Å²) in [6.45, 7) is 0. The van der Waals surface area contributed by atoms with Crippen LogP contribution >= 0.6 is 0 Å². The fourth-order valence-corrected chi connectivity index (χ4v) is 7.69. The summed E-state index contributed by atoms with van der Waals surface area (Å²) in [7, 11) is 0. The average Bonchev–Trinajstić information content (AvgIpc) is 3.78. The number of furan rings is 1. The van der Waals surface area contributed by atoms with Gasteiger partial charge in [0.2, 0.25) is 0 Å². The fourth-order valence-electron chi connectivity index (χ4n) is 7.69. The molecule has 0 bridgehead atoms. The van der Waals surface area contributed by atoms with E-state index in [-0.39, 0.29) is 0 Å². The summed E-state index contributed by atoms with van der Waals surface area (Å²) < 4.78 is 8.83. The van der Waals surface area contributed by atoms with Crippen LogP contribution in [-0.2, 0) is 0 Å². The predicted octanol–water partition coefficient (Wildman–Crippen LogP) is 13.4. The Balaban J connectivity index is 1.08. The first-order chi connectivity index (χ1) is 26.2. The van der Waals surface area contributed by atoms with Crippen LogP contribution in [0.1, 0.15) is 5.56 Å². The molecule has 4 nitrogen and oxygen atoms in total. The second kappa shape index (κ2) is 12.5. The second-order valence-electron chi connectivity index (χ2n) is 13.3. The van der Waals surface area contributed by atoms with E-state index < -0.39 is 0 Å². The maximum Gasteiger partial charge on any atom is 0.159 e. The number of aromatic nitrogens is 1. The van der Waals surface area contributed by atoms with Crippen molar-refractivity contribution in [3.63, 3.8) is 0 Å². The first-order valence-corrected chi connectivity index (χ1v) is 17.7. The maximum absolute atomic E-state index is 9.36. The molecule has 0 aliphatic rings. The van der Waals surface area contributed by atoms with Gasteiger partial charge in [-0.3, -0.25) is 0 Å². The molecule has 0 aliphatic heterocycles. The number of fused-ring (bicyclic) bond motifs is 6. The summed E-state index contributed by atoms with van der Waals surface area (Å²) in [4.78, 5) is 2.29. The molecule has 10 aromatic rings. The molecule has 0 fully saturated rings. The van der Waals surface area contributed by atoms with Crippen molar-refractivity contribution in [2.45, 2.75) is 0 Å². The number of nitriles is 1. The third-order valence-electron chi connectivity index (χ3n) is 10.2. The Morgan fingerprint density at radius 1 is 0.453 bits per heavy atom. The summed E-state index contributed by atoms with van der Waals surface area (Å²) in [6.07, 6.45) is 0. The molecule has 2 aromatic heterocycles. The molecule has 8 aromatic carbocycles. The molecular formula is C49H31N3O. The first-order valence-electron chi connectivity index (χ1n) is 17.7. The molecule has 0 saturated carbocycles. The Hall–Kier alpha value is -7.35. The van der Waals surface area contributed by atoms with Crippen LogP contribution in [-0.4, -0.2) is 4.57 Å². The van der Waals surface area contributed by atoms with Gasteiger partial charge in [0.15, 0.2) is 5.58 Å². The van der Waals surface area contributed by atoms with Crippen LogP contribution in [0.2, 0.25) is 0 Å². The van der Waals surface area contributed by atoms with E-state index in [1.165, 1.54) is 21.9 Å². The zero-order valence-electron chi connectivity index (χ0n) is 28.6. The summed E-state index contributed by atoms with van der Waals surface area (Å²) in [6, 6.07) is 67.9. The van der Waals surface area contributed by atoms with Crippen molar-refractivity contribution in [2.75, 3.05) is 4.90 Å². The van der Waals surface area contributed by atoms with E-state index in [0.717, 1.165) is 66.8 Å². The molecule has 248 valence electrons. The SMILES string of the molecule is N#Cc1ccc(-n2c3ccccc3c3cc(-c4ccc(N(c5ccc(-c6ccccc6)cc5)c5cccc6c5oc5ccccc56)cc4)ccc32)cc1. The van der Waals surface area contributed by atoms with Crippen molar-refractivity contribution >= 4 is 60.8 Å². The highest BCUT2D eigenvalue weighted by molar-refractivity contribution is 6.11. The van der Waals surface area contributed by atoms with Crippen LogP contribution in [0.5, 0.6) is 0 Å². The maximum atomic E-state index is 9.36. The van der Waals surface area contributed by atoms with Crippen LogP contribution < -0.4 is 4.90 Å². The van der Waals surface area contributed by atoms with E-state index in [4.69, 9.17) is 4.42 Å². The Bertz CT molecular complexity index is 2980. The number of para-hydroxylation sites is 3. The first kappa shape index (κ1) is 30.5. The van der Waals surface area contributed by atoms with Crippen molar-refractivity contribution in [3.8, 4) is 34.0 Å². The molecule has 0 radical (unpaired) electrons. The van der Waals surface area contributed by atoms with Gasteiger partial charge in [0.25, 0.3) is 0 Å². The van der Waals surface area contributed by atoms with E-state index in [9.17, 15) is 5.26 Å². The zero-order valence-corrected chi connectivity index (χ0v) is 28.6. The predicted molar refractivity (Wildman–Crippen MR) is 218 cm³/mol. The molecule has 0 unspecified atom stereocenters. The van der Waals surface area contributed by atoms with E-state index in [0.29, 0.717) is 5.56 Å². The number of rotatable bonds is 6. The van der Waals surface area contributed by atoms with E-state index in [2.05, 4.69) is 161 Å². The fraction of sp³-hybridized carbons (Fsp3) is 0. The topological polar surface area (TPSA) is 45.1 Å². The summed E-state index contributed by atoms with van der Waals surface area (Å²) in [5.74, 6) is 0. The minimum atomic E-state index is 0.650. The highest BCUT2D eigenvalue weighted by Crippen LogP contribution is 2.43. The number of nitrogens with zero attached hydrogens (tertiary/aromatic N) is 3. The molecule has 0 amide bonds. The molecule has 0 saturated heterocycles. The van der Waals surface area contributed by atoms with Crippen molar-refractivity contribution < 1.29 is 4.42 Å². The van der Waals surface area contributed by atoms with Gasteiger partial charge >= 0.3 is 0 Å². The van der Waals surface area contributed by atoms with Gasteiger partial charge in [0.05, 0.1) is 28.4 Å². The van der Waals surface area contributed by atoms with Gasteiger partial charge in [-0.15, -0.1) is 0 Å². The summed E-state index contributed by atoms with van der Waals surface area (Å²) >= 11 is 0. The van der Waals surface area contributed by atoms with E-state index in [1.54, 1.807) is 0 Å². The van der Waals surface area contributed by atoms with Gasteiger partial charge in [-0.1, -0.05) is 109 Å². The third kappa shape index (κ3) is 5.14. The van der Waals surface area contributed by atoms with Crippen molar-refractivity contribution in [3.05, 3.63) is 194 Å². The minimum absolute atomic E-state index is 0.650. The quantitative estimate of drug-likeness (QED) is 0.176. The smallest absolute Gasteiger partial charge is 0.159 e. The Morgan fingerprint density at radius 2 is 1.04 bits per heavy atom. The molecule has 53 heavy (non-hydrogen) atoms. The van der Waals surface area contributed by atoms with Gasteiger partial charge in [-0.05, 0) is 101 Å². The lowest BCUT2D eigenvalue weighted by Crippen LogP contribution is -2.10. The molecule has 0 N–H and O–H groups in total. The van der Waals surface area contributed by atoms with E-state index in [1.807, 2.05) is 42.5 Å². The van der Waals surface area contributed by atoms with Crippen molar-refractivity contribution in [2.24, 2.45) is 0 Å². The normalized spacial score (nSPS) is 11.4. The average molecular weight is 678 g/mol. The van der Waals surface area contributed by atoms with Gasteiger partial charge in [0.1, 0.15) is 5.58 Å². The highest BCUT2D eigenvalue weighted by Gasteiger charge is 2.20. The lowest BCUT2D eigenvalue weighted by Gasteiger charge is -2.26. The lowest BCUT2D eigenvalue weighted by molar-refractivity contribution is 0.669. The second-order valence-corrected chi connectivity index (χ2v) is 13.3. The monoisotopic (exact) mass is 677 g/mol. The van der Waals surface area contributed by atoms with Crippen molar-refractivity contribution in [1.82, 2.24) is 4.57 Å². The number of hydrogen-bond acceptors (Lipinski definition) is 3. The number of anilines is 3. The van der Waals surface area contributed by atoms with Gasteiger partial charge in [-0.2, -0.15) is 5.26 Å². The van der Waals surface area contributed by atoms with Gasteiger partial charge in [0, 0.05) is 38.6 Å². The number of benzene rings is 8. The zero-order chi connectivity index (χ0) is 35.3. The van der Waals surface area contributed by atoms with Crippen LogP contribution in [0.15, 0.2) is 192 Å². The Labute approximate surface area is 306 Å². The van der Waals surface area contributed by atoms with E-state index >= 15 is 0 Å². The van der Waals surface area contributed by atoms with Crippen LogP contribution in [0, 0.1) is 11.3 Å². The Kier molecular flexibility index (Phi) is 7.16. The molecule has 0 atom stereocenters. The van der Waals surface area contributed by atoms with Gasteiger partial charge in [-0.25, -0.2) is 0 Å². The van der Waals surface area contributed by atoms with Crippen LogP contribution in [0.4, 0.5) is 17.1 Å². The third-order valence-corrected chi connectivity index (χ3v) is 10.2. The molecule has 2 heterocycles. The van der Waals surface area contributed by atoms with Crippen LogP contribution in [0.25, 0.3) is 71.7 Å². The molecule has 4 heteroatoms. The molecule has 0 spiro atoms. The Morgan fingerprint density at radius 3 is 1.77 bits per heavy atom. The largest absolute Gasteiger partial charge is 0.454 e. The molecule has 0 aliphatic carbocycles. The highest BCUT2D eigenvalue weighted by atomic mass is 16.3. The lowest BCUT2D eigenvalue weighted by atomic mass is 10.0. The van der Waals surface area contributed by atoms with Gasteiger partial charge < -0.3 is 13.9 Å². The van der Waals surface area contributed by atoms with Crippen LogP contribution in [0.3, 0.4) is 0 Å². The summed E-state index contributed by atoms with van der Waals surface area (Å²) in [5, 5.41) is 13.9. The summed E-state index contributed by atoms with van der Waals surface area (Å²) in [5.41, 5.74) is 13.4.